The van der Waals surface area contributed by atoms with Crippen molar-refractivity contribution in [1.29, 1.82) is 0 Å². The summed E-state index contributed by atoms with van der Waals surface area (Å²) in [5.41, 5.74) is 9.65. The molecule has 0 spiro atoms. The number of carbonyl (C=O) groups excluding carboxylic acids is 1. The van der Waals surface area contributed by atoms with Crippen molar-refractivity contribution in [3.05, 3.63) is 34.9 Å². The summed E-state index contributed by atoms with van der Waals surface area (Å²) in [5.74, 6) is 0.889. The van der Waals surface area contributed by atoms with Crippen molar-refractivity contribution in [1.82, 2.24) is 4.90 Å². The first kappa shape index (κ1) is 18.8. The Kier molecular flexibility index (Phi) is 5.92. The number of likely N-dealkylation sites (tertiary alicyclic amines) is 1. The van der Waals surface area contributed by atoms with Crippen molar-refractivity contribution in [2.45, 2.75) is 59.0 Å². The van der Waals surface area contributed by atoms with Gasteiger partial charge in [0.05, 0.1) is 0 Å². The van der Waals surface area contributed by atoms with Crippen molar-refractivity contribution in [3.63, 3.8) is 0 Å². The van der Waals surface area contributed by atoms with Crippen LogP contribution in [0.5, 0.6) is 0 Å². The van der Waals surface area contributed by atoms with Crippen molar-refractivity contribution in [2.75, 3.05) is 19.6 Å². The number of nitrogens with two attached hydrogens (primary N) is 1. The van der Waals surface area contributed by atoms with Gasteiger partial charge >= 0.3 is 6.09 Å². The van der Waals surface area contributed by atoms with Crippen molar-refractivity contribution in [3.8, 4) is 0 Å². The number of amides is 1. The predicted octanol–water partition coefficient (Wildman–Crippen LogP) is 3.99. The minimum absolute atomic E-state index is 0.197. The minimum atomic E-state index is -0.438. The van der Waals surface area contributed by atoms with Crippen molar-refractivity contribution < 1.29 is 9.53 Å². The second kappa shape index (κ2) is 7.56. The third-order valence-corrected chi connectivity index (χ3v) is 4.85. The topological polar surface area (TPSA) is 55.6 Å². The first-order valence-electron chi connectivity index (χ1n) is 8.96. The SMILES string of the molecule is Cc1ccc(C)c(C(CN)C2CCN(C(=O)OC(C)(C)C)CC2)c1. The molecule has 1 aromatic rings. The molecule has 2 N–H and O–H groups in total. The van der Waals surface area contributed by atoms with Crippen LogP contribution in [0.25, 0.3) is 0 Å². The van der Waals surface area contributed by atoms with E-state index in [1.165, 1.54) is 16.7 Å². The maximum atomic E-state index is 12.2. The molecule has 24 heavy (non-hydrogen) atoms. The average Bonchev–Trinajstić information content (AvgIpc) is 2.50. The van der Waals surface area contributed by atoms with Gasteiger partial charge in [0.15, 0.2) is 0 Å². The maximum absolute atomic E-state index is 12.2. The Morgan fingerprint density at radius 2 is 1.92 bits per heavy atom. The lowest BCUT2D eigenvalue weighted by Crippen LogP contribution is -2.43. The average molecular weight is 332 g/mol. The van der Waals surface area contributed by atoms with Crippen LogP contribution in [0.2, 0.25) is 0 Å². The summed E-state index contributed by atoms with van der Waals surface area (Å²) >= 11 is 0. The predicted molar refractivity (Wildman–Crippen MR) is 98.2 cm³/mol. The molecule has 1 amide bonds. The van der Waals surface area contributed by atoms with Crippen molar-refractivity contribution >= 4 is 6.09 Å². The molecule has 1 aromatic carbocycles. The Balaban J connectivity index is 2.02. The van der Waals surface area contributed by atoms with E-state index in [4.69, 9.17) is 10.5 Å². The van der Waals surface area contributed by atoms with E-state index in [2.05, 4.69) is 32.0 Å². The van der Waals surface area contributed by atoms with E-state index in [0.717, 1.165) is 25.9 Å². The molecule has 1 aliphatic rings. The molecule has 2 rings (SSSR count). The number of carbonyl (C=O) groups is 1. The number of piperidine rings is 1. The van der Waals surface area contributed by atoms with Crippen LogP contribution in [0.4, 0.5) is 4.79 Å². The minimum Gasteiger partial charge on any atom is -0.444 e. The number of aryl methyl sites for hydroxylation is 2. The Labute approximate surface area is 146 Å². The zero-order valence-corrected chi connectivity index (χ0v) is 15.8. The Hall–Kier alpha value is -1.55. The molecule has 0 bridgehead atoms. The molecule has 4 heteroatoms. The quantitative estimate of drug-likeness (QED) is 0.910. The van der Waals surface area contributed by atoms with Crippen LogP contribution in [-0.4, -0.2) is 36.2 Å². The van der Waals surface area contributed by atoms with E-state index < -0.39 is 5.60 Å². The molecule has 1 unspecified atom stereocenters. The van der Waals surface area contributed by atoms with E-state index in [0.29, 0.717) is 18.4 Å². The lowest BCUT2D eigenvalue weighted by Gasteiger charge is -2.37. The number of hydrogen-bond acceptors (Lipinski definition) is 3. The largest absolute Gasteiger partial charge is 0.444 e. The third-order valence-electron chi connectivity index (χ3n) is 4.85. The summed E-state index contributed by atoms with van der Waals surface area (Å²) < 4.78 is 5.48. The summed E-state index contributed by atoms with van der Waals surface area (Å²) in [6, 6.07) is 6.60. The fourth-order valence-electron chi connectivity index (χ4n) is 3.54. The molecule has 0 saturated carbocycles. The molecule has 134 valence electrons. The van der Waals surface area contributed by atoms with E-state index in [-0.39, 0.29) is 6.09 Å². The normalized spacial score (nSPS) is 17.7. The van der Waals surface area contributed by atoms with E-state index in [9.17, 15) is 4.79 Å². The van der Waals surface area contributed by atoms with Crippen LogP contribution < -0.4 is 5.73 Å². The molecule has 0 aliphatic carbocycles. The first-order chi connectivity index (χ1) is 11.2. The van der Waals surface area contributed by atoms with Gasteiger partial charge in [-0.15, -0.1) is 0 Å². The van der Waals surface area contributed by atoms with Gasteiger partial charge in [0.25, 0.3) is 0 Å². The molecule has 1 atom stereocenters. The van der Waals surface area contributed by atoms with Gasteiger partial charge in [0.1, 0.15) is 5.60 Å². The summed E-state index contributed by atoms with van der Waals surface area (Å²) in [7, 11) is 0. The van der Waals surface area contributed by atoms with E-state index in [1.807, 2.05) is 25.7 Å². The number of ether oxygens (including phenoxy) is 1. The van der Waals surface area contributed by atoms with Crippen LogP contribution >= 0.6 is 0 Å². The van der Waals surface area contributed by atoms with E-state index >= 15 is 0 Å². The first-order valence-corrected chi connectivity index (χ1v) is 8.96. The van der Waals surface area contributed by atoms with Crippen molar-refractivity contribution in [2.24, 2.45) is 11.7 Å². The maximum Gasteiger partial charge on any atom is 0.410 e. The van der Waals surface area contributed by atoms with Crippen LogP contribution in [0, 0.1) is 19.8 Å². The van der Waals surface area contributed by atoms with Gasteiger partial charge in [0.2, 0.25) is 0 Å². The van der Waals surface area contributed by atoms with Gasteiger partial charge in [-0.1, -0.05) is 23.8 Å². The summed E-state index contributed by atoms with van der Waals surface area (Å²) in [4.78, 5) is 14.0. The number of nitrogens with zero attached hydrogens (tertiary/aromatic N) is 1. The second-order valence-electron chi connectivity index (χ2n) is 8.01. The molecule has 1 saturated heterocycles. The van der Waals surface area contributed by atoms with Gasteiger partial charge in [-0.3, -0.25) is 0 Å². The Morgan fingerprint density at radius 3 is 2.46 bits per heavy atom. The van der Waals surface area contributed by atoms with Gasteiger partial charge in [-0.2, -0.15) is 0 Å². The van der Waals surface area contributed by atoms with Crippen LogP contribution in [0.15, 0.2) is 18.2 Å². The Morgan fingerprint density at radius 1 is 1.29 bits per heavy atom. The molecule has 4 nitrogen and oxygen atoms in total. The summed E-state index contributed by atoms with van der Waals surface area (Å²) in [6.07, 6.45) is 1.76. The standard InChI is InChI=1S/C20H32N2O2/c1-14-6-7-15(2)17(12-14)18(13-21)16-8-10-22(11-9-16)19(23)24-20(3,4)5/h6-7,12,16,18H,8-11,13,21H2,1-5H3. The van der Waals surface area contributed by atoms with Gasteiger partial charge in [-0.25, -0.2) is 4.79 Å². The van der Waals surface area contributed by atoms with Gasteiger partial charge in [0, 0.05) is 13.1 Å². The molecular formula is C20H32N2O2. The number of benzene rings is 1. The zero-order chi connectivity index (χ0) is 17.9. The Bertz CT molecular complexity index is 569. The monoisotopic (exact) mass is 332 g/mol. The molecule has 0 aromatic heterocycles. The lowest BCUT2D eigenvalue weighted by molar-refractivity contribution is 0.0175. The smallest absolute Gasteiger partial charge is 0.410 e. The molecule has 0 radical (unpaired) electrons. The molecule has 1 heterocycles. The highest BCUT2D eigenvalue weighted by molar-refractivity contribution is 5.68. The highest BCUT2D eigenvalue weighted by Crippen LogP contribution is 2.34. The fraction of sp³-hybridized carbons (Fsp3) is 0.650. The highest BCUT2D eigenvalue weighted by Gasteiger charge is 2.31. The summed E-state index contributed by atoms with van der Waals surface area (Å²) in [5, 5.41) is 0. The summed E-state index contributed by atoms with van der Waals surface area (Å²) in [6.45, 7) is 12.2. The molecule has 1 fully saturated rings. The second-order valence-corrected chi connectivity index (χ2v) is 8.01. The molecule has 1 aliphatic heterocycles. The fourth-order valence-corrected chi connectivity index (χ4v) is 3.54. The van der Waals surface area contributed by atoms with E-state index in [1.54, 1.807) is 0 Å². The molecular weight excluding hydrogens is 300 g/mol. The van der Waals surface area contributed by atoms with Crippen LogP contribution in [0.3, 0.4) is 0 Å². The highest BCUT2D eigenvalue weighted by atomic mass is 16.6. The van der Waals surface area contributed by atoms with Gasteiger partial charge < -0.3 is 15.4 Å². The number of rotatable bonds is 3. The zero-order valence-electron chi connectivity index (χ0n) is 15.8. The van der Waals surface area contributed by atoms with Crippen LogP contribution in [0.1, 0.15) is 56.2 Å². The number of hydrogen-bond donors (Lipinski definition) is 1. The van der Waals surface area contributed by atoms with Crippen LogP contribution in [-0.2, 0) is 4.74 Å². The third kappa shape index (κ3) is 4.73. The van der Waals surface area contributed by atoms with Gasteiger partial charge in [-0.05, 0) is 77.0 Å². The lowest BCUT2D eigenvalue weighted by atomic mass is 9.78.